The van der Waals surface area contributed by atoms with Gasteiger partial charge in [0.2, 0.25) is 0 Å². The number of aromatic nitrogens is 4. The van der Waals surface area contributed by atoms with Crippen LogP contribution in [0.5, 0.6) is 0 Å². The Balaban J connectivity index is 2.29. The Labute approximate surface area is 104 Å². The van der Waals surface area contributed by atoms with E-state index < -0.39 is 0 Å². The highest BCUT2D eigenvalue weighted by Gasteiger charge is 2.19. The number of nitrogens with zero attached hydrogens (tertiary/aromatic N) is 4. The topological polar surface area (TPSA) is 98.7 Å². The lowest BCUT2D eigenvalue weighted by Gasteiger charge is -2.06. The minimum absolute atomic E-state index is 0.338. The SMILES string of the molecule is CCn1nc(C)c(N)c1C(=O)Nc1cccnn1. The number of nitrogens with one attached hydrogen (secondary N) is 1. The standard InChI is InChI=1S/C11H14N6O/c1-3-17-10(9(12)7(2)16-17)11(18)14-8-5-4-6-13-15-8/h4-6H,3,12H2,1-2H3,(H,14,15,18). The summed E-state index contributed by atoms with van der Waals surface area (Å²) in [7, 11) is 0. The summed E-state index contributed by atoms with van der Waals surface area (Å²) in [6.45, 7) is 4.23. The number of nitrogens with two attached hydrogens (primary N) is 1. The number of carbonyl (C=O) groups excluding carboxylic acids is 1. The smallest absolute Gasteiger partial charge is 0.277 e. The molecule has 0 bridgehead atoms. The molecule has 7 heteroatoms. The lowest BCUT2D eigenvalue weighted by Crippen LogP contribution is -2.19. The minimum Gasteiger partial charge on any atom is -0.395 e. The van der Waals surface area contributed by atoms with Crippen LogP contribution in [0.4, 0.5) is 11.5 Å². The van der Waals surface area contributed by atoms with Crippen LogP contribution in [0.1, 0.15) is 23.1 Å². The normalized spacial score (nSPS) is 10.3. The van der Waals surface area contributed by atoms with Gasteiger partial charge in [-0.05, 0) is 26.0 Å². The molecule has 94 valence electrons. The number of anilines is 2. The van der Waals surface area contributed by atoms with Gasteiger partial charge in [0.1, 0.15) is 5.69 Å². The van der Waals surface area contributed by atoms with Crippen molar-refractivity contribution in [3.8, 4) is 0 Å². The highest BCUT2D eigenvalue weighted by Crippen LogP contribution is 2.17. The minimum atomic E-state index is -0.338. The highest BCUT2D eigenvalue weighted by molar-refractivity contribution is 6.06. The van der Waals surface area contributed by atoms with Crippen molar-refractivity contribution in [2.45, 2.75) is 20.4 Å². The van der Waals surface area contributed by atoms with Gasteiger partial charge in [0.05, 0.1) is 11.4 Å². The average molecular weight is 246 g/mol. The Morgan fingerprint density at radius 1 is 1.56 bits per heavy atom. The summed E-state index contributed by atoms with van der Waals surface area (Å²) < 4.78 is 1.57. The van der Waals surface area contributed by atoms with E-state index in [0.29, 0.717) is 29.4 Å². The molecule has 2 heterocycles. The van der Waals surface area contributed by atoms with Crippen LogP contribution in [0.2, 0.25) is 0 Å². The summed E-state index contributed by atoms with van der Waals surface area (Å²) >= 11 is 0. The third-order valence-electron chi connectivity index (χ3n) is 2.50. The van der Waals surface area contributed by atoms with Crippen LogP contribution in [0, 0.1) is 6.92 Å². The lowest BCUT2D eigenvalue weighted by atomic mass is 10.3. The van der Waals surface area contributed by atoms with E-state index in [-0.39, 0.29) is 5.91 Å². The van der Waals surface area contributed by atoms with Crippen molar-refractivity contribution in [3.63, 3.8) is 0 Å². The van der Waals surface area contributed by atoms with Crippen molar-refractivity contribution >= 4 is 17.4 Å². The van der Waals surface area contributed by atoms with Gasteiger partial charge in [-0.3, -0.25) is 9.48 Å². The van der Waals surface area contributed by atoms with Crippen molar-refractivity contribution < 1.29 is 4.79 Å². The molecule has 0 unspecified atom stereocenters. The van der Waals surface area contributed by atoms with E-state index in [1.54, 1.807) is 23.7 Å². The van der Waals surface area contributed by atoms with Crippen molar-refractivity contribution in [2.75, 3.05) is 11.1 Å². The van der Waals surface area contributed by atoms with E-state index in [1.165, 1.54) is 6.20 Å². The Bertz CT molecular complexity index is 562. The fourth-order valence-electron chi connectivity index (χ4n) is 1.61. The Kier molecular flexibility index (Phi) is 3.22. The molecule has 0 aliphatic heterocycles. The molecular weight excluding hydrogens is 232 g/mol. The van der Waals surface area contributed by atoms with Gasteiger partial charge in [0.15, 0.2) is 5.82 Å². The maximum atomic E-state index is 12.1. The van der Waals surface area contributed by atoms with Crippen molar-refractivity contribution in [1.82, 2.24) is 20.0 Å². The molecule has 0 aliphatic rings. The van der Waals surface area contributed by atoms with E-state index in [2.05, 4.69) is 20.6 Å². The summed E-state index contributed by atoms with van der Waals surface area (Å²) in [4.78, 5) is 12.1. The van der Waals surface area contributed by atoms with E-state index in [0.717, 1.165) is 0 Å². The Morgan fingerprint density at radius 3 is 2.94 bits per heavy atom. The molecule has 2 rings (SSSR count). The number of hydrogen-bond donors (Lipinski definition) is 2. The molecule has 0 aromatic carbocycles. The number of aryl methyl sites for hydroxylation is 2. The molecule has 0 spiro atoms. The van der Waals surface area contributed by atoms with Crippen LogP contribution in [0.25, 0.3) is 0 Å². The lowest BCUT2D eigenvalue weighted by molar-refractivity contribution is 0.101. The molecule has 0 saturated carbocycles. The molecule has 0 aliphatic carbocycles. The summed E-state index contributed by atoms with van der Waals surface area (Å²) in [6, 6.07) is 3.34. The first-order valence-electron chi connectivity index (χ1n) is 5.55. The zero-order chi connectivity index (χ0) is 13.1. The van der Waals surface area contributed by atoms with E-state index in [9.17, 15) is 4.79 Å². The first kappa shape index (κ1) is 12.0. The van der Waals surface area contributed by atoms with Gasteiger partial charge in [-0.1, -0.05) is 0 Å². The largest absolute Gasteiger partial charge is 0.395 e. The number of nitrogen functional groups attached to an aromatic ring is 1. The predicted molar refractivity (Wildman–Crippen MR) is 67.0 cm³/mol. The second-order valence-electron chi connectivity index (χ2n) is 3.73. The monoisotopic (exact) mass is 246 g/mol. The fraction of sp³-hybridized carbons (Fsp3) is 0.273. The number of hydrogen-bond acceptors (Lipinski definition) is 5. The van der Waals surface area contributed by atoms with Crippen molar-refractivity contribution in [1.29, 1.82) is 0 Å². The zero-order valence-electron chi connectivity index (χ0n) is 10.2. The van der Waals surface area contributed by atoms with Gasteiger partial charge in [-0.2, -0.15) is 10.2 Å². The zero-order valence-corrected chi connectivity index (χ0v) is 10.2. The average Bonchev–Trinajstić information content (AvgIpc) is 2.66. The van der Waals surface area contributed by atoms with Crippen LogP contribution >= 0.6 is 0 Å². The maximum Gasteiger partial charge on any atom is 0.277 e. The number of rotatable bonds is 3. The van der Waals surface area contributed by atoms with Crippen LogP contribution in [-0.2, 0) is 6.54 Å². The second kappa shape index (κ2) is 4.82. The first-order valence-corrected chi connectivity index (χ1v) is 5.55. The molecule has 1 amide bonds. The van der Waals surface area contributed by atoms with Crippen molar-refractivity contribution in [3.05, 3.63) is 29.7 Å². The summed E-state index contributed by atoms with van der Waals surface area (Å²) in [5, 5.41) is 14.3. The van der Waals surface area contributed by atoms with E-state index in [4.69, 9.17) is 5.73 Å². The van der Waals surface area contributed by atoms with Crippen LogP contribution in [0.15, 0.2) is 18.3 Å². The van der Waals surface area contributed by atoms with Gasteiger partial charge in [-0.15, -0.1) is 5.10 Å². The fourth-order valence-corrected chi connectivity index (χ4v) is 1.61. The molecule has 7 nitrogen and oxygen atoms in total. The third kappa shape index (κ3) is 2.15. The van der Waals surface area contributed by atoms with Gasteiger partial charge in [0.25, 0.3) is 5.91 Å². The Hall–Kier alpha value is -2.44. The molecule has 0 atom stereocenters. The van der Waals surface area contributed by atoms with Crippen LogP contribution in [0.3, 0.4) is 0 Å². The Morgan fingerprint density at radius 2 is 2.33 bits per heavy atom. The molecular formula is C11H14N6O. The summed E-state index contributed by atoms with van der Waals surface area (Å²) in [5.74, 6) is 0.0406. The highest BCUT2D eigenvalue weighted by atomic mass is 16.2. The quantitative estimate of drug-likeness (QED) is 0.836. The molecule has 0 fully saturated rings. The summed E-state index contributed by atoms with van der Waals surface area (Å²) in [6.07, 6.45) is 1.53. The molecule has 2 aromatic heterocycles. The molecule has 3 N–H and O–H groups in total. The number of amides is 1. The second-order valence-corrected chi connectivity index (χ2v) is 3.73. The molecule has 2 aromatic rings. The van der Waals surface area contributed by atoms with Gasteiger partial charge < -0.3 is 11.1 Å². The first-order chi connectivity index (χ1) is 8.63. The van der Waals surface area contributed by atoms with Gasteiger partial charge >= 0.3 is 0 Å². The summed E-state index contributed by atoms with van der Waals surface area (Å²) in [5.41, 5.74) is 7.23. The van der Waals surface area contributed by atoms with Gasteiger partial charge in [-0.25, -0.2) is 0 Å². The molecule has 0 saturated heterocycles. The van der Waals surface area contributed by atoms with Crippen LogP contribution < -0.4 is 11.1 Å². The molecule has 18 heavy (non-hydrogen) atoms. The maximum absolute atomic E-state index is 12.1. The van der Waals surface area contributed by atoms with E-state index in [1.807, 2.05) is 6.92 Å². The number of carbonyl (C=O) groups is 1. The predicted octanol–water partition coefficient (Wildman–Crippen LogP) is 0.836. The van der Waals surface area contributed by atoms with Crippen LogP contribution in [-0.4, -0.2) is 25.9 Å². The molecule has 0 radical (unpaired) electrons. The van der Waals surface area contributed by atoms with Crippen molar-refractivity contribution in [2.24, 2.45) is 0 Å². The third-order valence-corrected chi connectivity index (χ3v) is 2.50. The van der Waals surface area contributed by atoms with E-state index >= 15 is 0 Å². The van der Waals surface area contributed by atoms with Gasteiger partial charge in [0, 0.05) is 12.7 Å².